The van der Waals surface area contributed by atoms with Crippen molar-refractivity contribution in [3.63, 3.8) is 0 Å². The Labute approximate surface area is 221 Å². The van der Waals surface area contributed by atoms with Crippen LogP contribution in [0.4, 0.5) is 5.82 Å². The number of allylic oxidation sites excluding steroid dienone is 1. The van der Waals surface area contributed by atoms with E-state index in [1.807, 2.05) is 36.9 Å². The van der Waals surface area contributed by atoms with Gasteiger partial charge in [0.05, 0.1) is 29.6 Å². The van der Waals surface area contributed by atoms with Gasteiger partial charge in [0.15, 0.2) is 0 Å². The zero-order valence-corrected chi connectivity index (χ0v) is 21.3. The van der Waals surface area contributed by atoms with Crippen molar-refractivity contribution >= 4 is 29.7 Å². The number of hydrogen-bond acceptors (Lipinski definition) is 7. The molecule has 10 heteroatoms. The fraction of sp³-hybridized carbons (Fsp3) is 0.286. The molecule has 0 aliphatic carbocycles. The number of carbonyl (C=O) groups is 2. The summed E-state index contributed by atoms with van der Waals surface area (Å²) in [4.78, 5) is 40.8. The van der Waals surface area contributed by atoms with Gasteiger partial charge in [0.2, 0.25) is 11.6 Å². The summed E-state index contributed by atoms with van der Waals surface area (Å²) in [5.74, 6) is 7.62. The molecule has 2 atom stereocenters. The Morgan fingerprint density at radius 3 is 2.76 bits per heavy atom. The lowest BCUT2D eigenvalue weighted by molar-refractivity contribution is -0.750. The minimum absolute atomic E-state index is 0.0553. The third-order valence-corrected chi connectivity index (χ3v) is 6.97. The zero-order chi connectivity index (χ0) is 26.9. The monoisotopic (exact) mass is 509 g/mol. The predicted octanol–water partition coefficient (Wildman–Crippen LogP) is 3.32. The summed E-state index contributed by atoms with van der Waals surface area (Å²) in [6.07, 6.45) is 8.48. The van der Waals surface area contributed by atoms with Crippen LogP contribution < -0.4 is 11.2 Å². The first-order valence-electron chi connectivity index (χ1n) is 12.6. The summed E-state index contributed by atoms with van der Waals surface area (Å²) in [7, 11) is 0. The van der Waals surface area contributed by atoms with Crippen molar-refractivity contribution < 1.29 is 14.2 Å². The SMILES string of the molecule is CC(C)C(=O)N1CCCC(C2=C3C=NC=C[N+]3(N)C(c3ccc(C(=O)Nc4cc(C#N)ccn4)cc3)=N2)C1. The molecule has 5 rings (SSSR count). The molecule has 3 N–H and O–H groups in total. The van der Waals surface area contributed by atoms with Crippen LogP contribution in [0, 0.1) is 23.2 Å². The number of anilines is 1. The van der Waals surface area contributed by atoms with Gasteiger partial charge in [-0.2, -0.15) is 16.1 Å². The molecule has 10 nitrogen and oxygen atoms in total. The van der Waals surface area contributed by atoms with E-state index in [4.69, 9.17) is 16.1 Å². The first kappa shape index (κ1) is 25.2. The van der Waals surface area contributed by atoms with E-state index in [1.165, 1.54) is 12.3 Å². The summed E-state index contributed by atoms with van der Waals surface area (Å²) >= 11 is 0. The molecular formula is C28H29N8O2+. The summed E-state index contributed by atoms with van der Waals surface area (Å²) in [5, 5.41) is 11.8. The first-order valence-corrected chi connectivity index (χ1v) is 12.6. The number of hydrogen-bond donors (Lipinski definition) is 2. The quantitative estimate of drug-likeness (QED) is 0.471. The van der Waals surface area contributed by atoms with Crippen LogP contribution >= 0.6 is 0 Å². The van der Waals surface area contributed by atoms with Gasteiger partial charge in [0.1, 0.15) is 17.7 Å². The second-order valence-electron chi connectivity index (χ2n) is 9.91. The zero-order valence-electron chi connectivity index (χ0n) is 21.3. The highest BCUT2D eigenvalue weighted by Crippen LogP contribution is 2.37. The van der Waals surface area contributed by atoms with Gasteiger partial charge in [-0.25, -0.2) is 4.98 Å². The number of pyridine rings is 1. The third kappa shape index (κ3) is 4.65. The van der Waals surface area contributed by atoms with Gasteiger partial charge in [-0.15, -0.1) is 4.59 Å². The molecule has 2 unspecified atom stereocenters. The smallest absolute Gasteiger partial charge is 0.264 e. The molecule has 4 heterocycles. The lowest BCUT2D eigenvalue weighted by Gasteiger charge is -2.34. The number of benzene rings is 1. The average molecular weight is 510 g/mol. The van der Waals surface area contributed by atoms with Crippen LogP contribution in [0.1, 0.15) is 48.2 Å². The van der Waals surface area contributed by atoms with E-state index < -0.39 is 0 Å². The summed E-state index contributed by atoms with van der Waals surface area (Å²) in [5.41, 5.74) is 3.25. The number of carbonyl (C=O) groups excluding carboxylic acids is 2. The first-order chi connectivity index (χ1) is 18.3. The second-order valence-corrected chi connectivity index (χ2v) is 9.91. The maximum Gasteiger partial charge on any atom is 0.264 e. The molecule has 1 aromatic heterocycles. The van der Waals surface area contributed by atoms with Crippen LogP contribution in [0.3, 0.4) is 0 Å². The Morgan fingerprint density at radius 1 is 1.24 bits per heavy atom. The maximum atomic E-state index is 12.8. The van der Waals surface area contributed by atoms with E-state index in [2.05, 4.69) is 15.3 Å². The van der Waals surface area contributed by atoms with Crippen LogP contribution in [0.25, 0.3) is 0 Å². The second kappa shape index (κ2) is 10.1. The molecule has 3 aliphatic heterocycles. The topological polar surface area (TPSA) is 137 Å². The van der Waals surface area contributed by atoms with Crippen molar-refractivity contribution in [2.45, 2.75) is 26.7 Å². The van der Waals surface area contributed by atoms with Crippen molar-refractivity contribution in [1.82, 2.24) is 9.88 Å². The molecule has 1 aromatic carbocycles. The van der Waals surface area contributed by atoms with Crippen LogP contribution in [-0.2, 0) is 4.79 Å². The molecule has 0 radical (unpaired) electrons. The van der Waals surface area contributed by atoms with Crippen molar-refractivity contribution in [3.05, 3.63) is 83.1 Å². The fourth-order valence-electron chi connectivity index (χ4n) is 5.00. The molecule has 0 saturated carbocycles. The Bertz CT molecular complexity index is 1450. The standard InChI is InChI=1S/C28H28N8O2/c1-18(2)28(38)35-12-3-4-22(17-35)25-23-16-31-11-13-36(23,30)26(34-25)20-5-7-21(8-6-20)27(37)33-24-14-19(15-29)9-10-32-24/h5-11,13-14,16,18,22H,3-4,12,17,30H2,1-2H3/p+1. The minimum Gasteiger partial charge on any atom is -0.342 e. The Morgan fingerprint density at radius 2 is 2.03 bits per heavy atom. The molecule has 192 valence electrons. The normalized spacial score (nSPS) is 22.2. The predicted molar refractivity (Wildman–Crippen MR) is 143 cm³/mol. The number of rotatable bonds is 5. The lowest BCUT2D eigenvalue weighted by atomic mass is 9.93. The van der Waals surface area contributed by atoms with E-state index in [0.717, 1.165) is 36.3 Å². The molecule has 1 saturated heterocycles. The summed E-state index contributed by atoms with van der Waals surface area (Å²) in [6.45, 7) is 5.20. The number of nitrogens with zero attached hydrogens (tertiary/aromatic N) is 6. The van der Waals surface area contributed by atoms with Crippen molar-refractivity contribution in [1.29, 1.82) is 5.26 Å². The number of aliphatic imine (C=N–C) groups is 2. The van der Waals surface area contributed by atoms with Gasteiger partial charge < -0.3 is 10.2 Å². The van der Waals surface area contributed by atoms with Crippen molar-refractivity contribution in [2.24, 2.45) is 27.7 Å². The summed E-state index contributed by atoms with van der Waals surface area (Å²) in [6, 6.07) is 12.2. The molecular weight excluding hydrogens is 480 g/mol. The van der Waals surface area contributed by atoms with Gasteiger partial charge in [-0.05, 0) is 49.2 Å². The van der Waals surface area contributed by atoms with Crippen LogP contribution in [0.5, 0.6) is 0 Å². The number of nitriles is 1. The highest BCUT2D eigenvalue weighted by atomic mass is 16.2. The van der Waals surface area contributed by atoms with Gasteiger partial charge >= 0.3 is 0 Å². The molecule has 0 bridgehead atoms. The largest absolute Gasteiger partial charge is 0.342 e. The number of fused-ring (bicyclic) bond motifs is 1. The van der Waals surface area contributed by atoms with E-state index in [9.17, 15) is 9.59 Å². The van der Waals surface area contributed by atoms with Crippen LogP contribution in [0.2, 0.25) is 0 Å². The number of amides is 2. The molecule has 2 aromatic rings. The van der Waals surface area contributed by atoms with Crippen LogP contribution in [-0.4, -0.2) is 51.4 Å². The highest BCUT2D eigenvalue weighted by molar-refractivity contribution is 6.05. The van der Waals surface area contributed by atoms with E-state index in [-0.39, 0.29) is 28.2 Å². The molecule has 0 spiro atoms. The van der Waals surface area contributed by atoms with Gasteiger partial charge in [0.25, 0.3) is 11.7 Å². The molecule has 3 aliphatic rings. The van der Waals surface area contributed by atoms with Crippen molar-refractivity contribution in [3.8, 4) is 6.07 Å². The molecule has 1 fully saturated rings. The van der Waals surface area contributed by atoms with Crippen molar-refractivity contribution in [2.75, 3.05) is 18.4 Å². The van der Waals surface area contributed by atoms with E-state index in [1.54, 1.807) is 36.8 Å². The summed E-state index contributed by atoms with van der Waals surface area (Å²) < 4.78 is -0.121. The number of amidine groups is 1. The van der Waals surface area contributed by atoms with Gasteiger partial charge in [0, 0.05) is 36.7 Å². The van der Waals surface area contributed by atoms with E-state index in [0.29, 0.717) is 29.3 Å². The average Bonchev–Trinajstić information content (AvgIpc) is 3.25. The molecule has 38 heavy (non-hydrogen) atoms. The maximum absolute atomic E-state index is 12.8. The van der Waals surface area contributed by atoms with E-state index >= 15 is 0 Å². The number of likely N-dealkylation sites (tertiary alicyclic amines) is 1. The molecule has 2 amide bonds. The number of nitrogens with two attached hydrogens (primary N) is 1. The minimum atomic E-state index is -0.342. The number of aromatic nitrogens is 1. The Kier molecular flexibility index (Phi) is 6.72. The lowest BCUT2D eigenvalue weighted by Crippen LogP contribution is -2.53. The highest BCUT2D eigenvalue weighted by Gasteiger charge is 2.46. The van der Waals surface area contributed by atoms with Crippen LogP contribution in [0.15, 0.2) is 76.4 Å². The van der Waals surface area contributed by atoms with Gasteiger partial charge in [-0.3, -0.25) is 14.6 Å². The fourth-order valence-corrected chi connectivity index (χ4v) is 5.00. The van der Waals surface area contributed by atoms with Gasteiger partial charge in [-0.1, -0.05) is 13.8 Å². The Hall–Kier alpha value is -4.46. The number of quaternary nitrogens is 1. The number of piperidine rings is 1. The number of nitrogens with one attached hydrogen (secondary N) is 1. The third-order valence-electron chi connectivity index (χ3n) is 6.97. The Balaban J connectivity index is 1.40.